The van der Waals surface area contributed by atoms with Crippen LogP contribution in [0.1, 0.15) is 18.1 Å². The molecule has 120 valence electrons. The molecule has 0 saturated carbocycles. The van der Waals surface area contributed by atoms with Crippen molar-refractivity contribution in [3.63, 3.8) is 0 Å². The van der Waals surface area contributed by atoms with Crippen LogP contribution in [0.25, 0.3) is 0 Å². The van der Waals surface area contributed by atoms with Crippen LogP contribution in [0.3, 0.4) is 0 Å². The molecule has 0 spiro atoms. The molecule has 0 saturated heterocycles. The van der Waals surface area contributed by atoms with Gasteiger partial charge in [0.25, 0.3) is 5.69 Å². The Hall–Kier alpha value is -3.09. The second kappa shape index (κ2) is 6.78. The summed E-state index contributed by atoms with van der Waals surface area (Å²) < 4.78 is 5.27. The fourth-order valence-electron chi connectivity index (χ4n) is 2.00. The lowest BCUT2D eigenvalue weighted by molar-refractivity contribution is -0.384. The van der Waals surface area contributed by atoms with Gasteiger partial charge in [0, 0.05) is 23.9 Å². The minimum atomic E-state index is -0.557. The van der Waals surface area contributed by atoms with Crippen LogP contribution in [0.5, 0.6) is 17.2 Å². The number of hydrogen-bond donors (Lipinski definition) is 2. The maximum atomic E-state index is 10.9. The average molecular weight is 316 g/mol. The summed E-state index contributed by atoms with van der Waals surface area (Å²) in [4.78, 5) is 14.4. The van der Waals surface area contributed by atoms with Gasteiger partial charge in [-0.25, -0.2) is 0 Å². The van der Waals surface area contributed by atoms with Gasteiger partial charge in [-0.05, 0) is 31.5 Å². The number of phenols is 2. The minimum Gasteiger partial charge on any atom is -0.505 e. The van der Waals surface area contributed by atoms with Crippen molar-refractivity contribution in [2.45, 2.75) is 13.8 Å². The van der Waals surface area contributed by atoms with Gasteiger partial charge < -0.3 is 14.9 Å². The molecule has 2 N–H and O–H groups in total. The monoisotopic (exact) mass is 316 g/mol. The fraction of sp³-hybridized carbons (Fsp3) is 0.188. The Kier molecular flexibility index (Phi) is 4.80. The van der Waals surface area contributed by atoms with Gasteiger partial charge in [0.15, 0.2) is 11.5 Å². The number of nitrogens with zero attached hydrogens (tertiary/aromatic N) is 2. The standard InChI is InChI=1S/C16H16N2O5/c1-3-23-14-6-4-5-11(16(14)20)9-17-13-8-12(18(21)22)7-10(2)15(13)19/h4-9,19-20H,3H2,1-2H3. The number of aryl methyl sites for hydroxylation is 1. The second-order valence-electron chi connectivity index (χ2n) is 4.77. The Balaban J connectivity index is 2.41. The number of phenolic OH excluding ortho intramolecular Hbond substituents is 2. The van der Waals surface area contributed by atoms with E-state index >= 15 is 0 Å². The van der Waals surface area contributed by atoms with Crippen LogP contribution >= 0.6 is 0 Å². The Bertz CT molecular complexity index is 771. The molecule has 0 radical (unpaired) electrons. The number of benzene rings is 2. The summed E-state index contributed by atoms with van der Waals surface area (Å²) in [6.45, 7) is 3.75. The maximum Gasteiger partial charge on any atom is 0.272 e. The van der Waals surface area contributed by atoms with E-state index in [1.807, 2.05) is 0 Å². The lowest BCUT2D eigenvalue weighted by Gasteiger charge is -2.07. The normalized spacial score (nSPS) is 10.9. The third-order valence-electron chi connectivity index (χ3n) is 3.15. The zero-order valence-electron chi connectivity index (χ0n) is 12.7. The Morgan fingerprint density at radius 2 is 2.04 bits per heavy atom. The highest BCUT2D eigenvalue weighted by Crippen LogP contribution is 2.35. The summed E-state index contributed by atoms with van der Waals surface area (Å²) in [6.07, 6.45) is 1.32. The molecular weight excluding hydrogens is 300 g/mol. The third kappa shape index (κ3) is 3.57. The van der Waals surface area contributed by atoms with E-state index in [0.29, 0.717) is 23.5 Å². The molecule has 2 rings (SSSR count). The first-order valence-corrected chi connectivity index (χ1v) is 6.91. The molecule has 2 aromatic carbocycles. The van der Waals surface area contributed by atoms with Crippen molar-refractivity contribution in [1.82, 2.24) is 0 Å². The predicted octanol–water partition coefficient (Wildman–Crippen LogP) is 3.46. The molecule has 0 aliphatic heterocycles. The lowest BCUT2D eigenvalue weighted by Crippen LogP contribution is -1.93. The van der Waals surface area contributed by atoms with Crippen molar-refractivity contribution in [3.8, 4) is 17.2 Å². The molecule has 7 heteroatoms. The van der Waals surface area contributed by atoms with Crippen LogP contribution in [0, 0.1) is 17.0 Å². The van der Waals surface area contributed by atoms with Crippen molar-refractivity contribution < 1.29 is 19.9 Å². The summed E-state index contributed by atoms with van der Waals surface area (Å²) >= 11 is 0. The van der Waals surface area contributed by atoms with Gasteiger partial charge in [0.1, 0.15) is 11.4 Å². The van der Waals surface area contributed by atoms with Gasteiger partial charge >= 0.3 is 0 Å². The minimum absolute atomic E-state index is 0.0536. The number of hydrogen-bond acceptors (Lipinski definition) is 6. The largest absolute Gasteiger partial charge is 0.505 e. The molecule has 0 aliphatic rings. The molecule has 0 aliphatic carbocycles. The molecule has 0 heterocycles. The average Bonchev–Trinajstić information content (AvgIpc) is 2.51. The van der Waals surface area contributed by atoms with Gasteiger partial charge in [-0.3, -0.25) is 15.1 Å². The number of nitro groups is 1. The summed E-state index contributed by atoms with van der Waals surface area (Å²) in [5.74, 6) is 0.0861. The zero-order chi connectivity index (χ0) is 17.0. The zero-order valence-corrected chi connectivity index (χ0v) is 12.7. The van der Waals surface area contributed by atoms with E-state index in [4.69, 9.17) is 4.74 Å². The molecule has 0 fully saturated rings. The van der Waals surface area contributed by atoms with Crippen LogP contribution in [0.4, 0.5) is 11.4 Å². The van der Waals surface area contributed by atoms with E-state index in [-0.39, 0.29) is 22.9 Å². The first-order chi connectivity index (χ1) is 10.9. The lowest BCUT2D eigenvalue weighted by atomic mass is 10.1. The smallest absolute Gasteiger partial charge is 0.272 e. The maximum absolute atomic E-state index is 10.9. The molecule has 0 aromatic heterocycles. The number of ether oxygens (including phenoxy) is 1. The van der Waals surface area contributed by atoms with E-state index in [2.05, 4.69) is 4.99 Å². The highest BCUT2D eigenvalue weighted by Gasteiger charge is 2.13. The molecule has 0 atom stereocenters. The van der Waals surface area contributed by atoms with Gasteiger partial charge in [-0.2, -0.15) is 0 Å². The summed E-state index contributed by atoms with van der Waals surface area (Å²) in [6, 6.07) is 7.35. The van der Waals surface area contributed by atoms with Gasteiger partial charge in [-0.15, -0.1) is 0 Å². The summed E-state index contributed by atoms with van der Waals surface area (Å²) in [7, 11) is 0. The van der Waals surface area contributed by atoms with Gasteiger partial charge in [0.2, 0.25) is 0 Å². The number of non-ortho nitro benzene ring substituents is 1. The van der Waals surface area contributed by atoms with Crippen molar-refractivity contribution >= 4 is 17.6 Å². The van der Waals surface area contributed by atoms with Crippen LogP contribution < -0.4 is 4.74 Å². The SMILES string of the molecule is CCOc1cccc(C=Nc2cc([N+](=O)[O-])cc(C)c2O)c1O. The van der Waals surface area contributed by atoms with E-state index in [0.717, 1.165) is 0 Å². The van der Waals surface area contributed by atoms with Gasteiger partial charge in [0.05, 0.1) is 11.5 Å². The van der Waals surface area contributed by atoms with Crippen LogP contribution in [-0.4, -0.2) is 28.0 Å². The molecule has 0 unspecified atom stereocenters. The first-order valence-electron chi connectivity index (χ1n) is 6.91. The third-order valence-corrected chi connectivity index (χ3v) is 3.15. The molecule has 0 amide bonds. The fourth-order valence-corrected chi connectivity index (χ4v) is 2.00. The van der Waals surface area contributed by atoms with E-state index < -0.39 is 4.92 Å². The number of aliphatic imine (C=N–C) groups is 1. The second-order valence-corrected chi connectivity index (χ2v) is 4.77. The predicted molar refractivity (Wildman–Crippen MR) is 86.0 cm³/mol. The number of rotatable bonds is 5. The van der Waals surface area contributed by atoms with Crippen LogP contribution in [0.2, 0.25) is 0 Å². The molecule has 2 aromatic rings. The van der Waals surface area contributed by atoms with E-state index in [9.17, 15) is 20.3 Å². The van der Waals surface area contributed by atoms with Crippen LogP contribution in [0.15, 0.2) is 35.3 Å². The van der Waals surface area contributed by atoms with Crippen molar-refractivity contribution in [2.75, 3.05) is 6.61 Å². The molecular formula is C16H16N2O5. The van der Waals surface area contributed by atoms with Crippen molar-refractivity contribution in [2.24, 2.45) is 4.99 Å². The number of aromatic hydroxyl groups is 2. The first kappa shape index (κ1) is 16.3. The number of nitro benzene ring substituents is 1. The van der Waals surface area contributed by atoms with E-state index in [1.54, 1.807) is 32.0 Å². The van der Waals surface area contributed by atoms with E-state index in [1.165, 1.54) is 18.3 Å². The van der Waals surface area contributed by atoms with Crippen molar-refractivity contribution in [1.29, 1.82) is 0 Å². The quantitative estimate of drug-likeness (QED) is 0.499. The van der Waals surface area contributed by atoms with Crippen LogP contribution in [-0.2, 0) is 0 Å². The van der Waals surface area contributed by atoms with Crippen molar-refractivity contribution in [3.05, 3.63) is 51.6 Å². The number of para-hydroxylation sites is 1. The topological polar surface area (TPSA) is 105 Å². The summed E-state index contributed by atoms with van der Waals surface area (Å²) in [5, 5.41) is 30.9. The Labute approximate surface area is 132 Å². The van der Waals surface area contributed by atoms with Gasteiger partial charge in [-0.1, -0.05) is 6.07 Å². The molecule has 0 bridgehead atoms. The Morgan fingerprint density at radius 3 is 2.70 bits per heavy atom. The highest BCUT2D eigenvalue weighted by molar-refractivity contribution is 5.87. The molecule has 23 heavy (non-hydrogen) atoms. The Morgan fingerprint density at radius 1 is 1.30 bits per heavy atom. The summed E-state index contributed by atoms with van der Waals surface area (Å²) in [5.41, 5.74) is 0.607. The highest BCUT2D eigenvalue weighted by atomic mass is 16.6. The molecule has 7 nitrogen and oxygen atoms in total.